The molecule has 22 heavy (non-hydrogen) atoms. The Kier molecular flexibility index (Phi) is 5.60. The van der Waals surface area contributed by atoms with Crippen LogP contribution in [0.15, 0.2) is 41.1 Å². The highest BCUT2D eigenvalue weighted by Gasteiger charge is 2.22. The first-order valence-electron chi connectivity index (χ1n) is 7.12. The standard InChI is InChI=1S/C16H20BrN3O2/c1-11(2)15(16-18-7-8-20(16)3)19-14(21)10-22-13-6-4-5-12(17)9-13/h4-9,11,15H,10H2,1-3H3,(H,19,21)/t15-/m1/s1. The Labute approximate surface area is 138 Å². The van der Waals surface area contributed by atoms with Gasteiger partial charge in [0.1, 0.15) is 11.6 Å². The summed E-state index contributed by atoms with van der Waals surface area (Å²) in [4.78, 5) is 16.5. The van der Waals surface area contributed by atoms with Crippen molar-refractivity contribution in [2.45, 2.75) is 19.9 Å². The number of imidazole rings is 1. The fraction of sp³-hybridized carbons (Fsp3) is 0.375. The van der Waals surface area contributed by atoms with Gasteiger partial charge in [-0.15, -0.1) is 0 Å². The number of aryl methyl sites for hydroxylation is 1. The van der Waals surface area contributed by atoms with Gasteiger partial charge in [0, 0.05) is 23.9 Å². The molecule has 2 rings (SSSR count). The molecule has 0 fully saturated rings. The summed E-state index contributed by atoms with van der Waals surface area (Å²) in [5.74, 6) is 1.56. The molecule has 0 aliphatic rings. The van der Waals surface area contributed by atoms with Gasteiger partial charge >= 0.3 is 0 Å². The molecule has 0 unspecified atom stereocenters. The van der Waals surface area contributed by atoms with Gasteiger partial charge in [-0.1, -0.05) is 35.8 Å². The van der Waals surface area contributed by atoms with E-state index >= 15 is 0 Å². The van der Waals surface area contributed by atoms with Crippen LogP contribution in [0.25, 0.3) is 0 Å². The molecule has 5 nitrogen and oxygen atoms in total. The van der Waals surface area contributed by atoms with Crippen LogP contribution in [0.4, 0.5) is 0 Å². The van der Waals surface area contributed by atoms with E-state index in [0.717, 1.165) is 10.3 Å². The predicted octanol–water partition coefficient (Wildman–Crippen LogP) is 3.07. The minimum Gasteiger partial charge on any atom is -0.484 e. The van der Waals surface area contributed by atoms with Crippen molar-refractivity contribution in [1.29, 1.82) is 0 Å². The number of ether oxygens (including phenoxy) is 1. The molecule has 1 aromatic carbocycles. The Morgan fingerprint density at radius 3 is 2.82 bits per heavy atom. The third-order valence-corrected chi connectivity index (χ3v) is 3.78. The normalized spacial score (nSPS) is 12.2. The van der Waals surface area contributed by atoms with E-state index < -0.39 is 0 Å². The van der Waals surface area contributed by atoms with Crippen LogP contribution < -0.4 is 10.1 Å². The number of carbonyl (C=O) groups is 1. The van der Waals surface area contributed by atoms with E-state index in [-0.39, 0.29) is 24.5 Å². The lowest BCUT2D eigenvalue weighted by Crippen LogP contribution is -2.36. The van der Waals surface area contributed by atoms with Gasteiger partial charge in [-0.25, -0.2) is 4.98 Å². The summed E-state index contributed by atoms with van der Waals surface area (Å²) < 4.78 is 8.34. The Hall–Kier alpha value is -1.82. The number of nitrogens with one attached hydrogen (secondary N) is 1. The van der Waals surface area contributed by atoms with Crippen LogP contribution in [0.1, 0.15) is 25.7 Å². The first-order valence-corrected chi connectivity index (χ1v) is 7.91. The summed E-state index contributed by atoms with van der Waals surface area (Å²) in [5, 5.41) is 2.99. The van der Waals surface area contributed by atoms with Crippen molar-refractivity contribution >= 4 is 21.8 Å². The van der Waals surface area contributed by atoms with Gasteiger partial charge in [-0.05, 0) is 24.1 Å². The minimum atomic E-state index is -0.165. The van der Waals surface area contributed by atoms with Crippen molar-refractivity contribution in [2.75, 3.05) is 6.61 Å². The van der Waals surface area contributed by atoms with Crippen molar-refractivity contribution in [2.24, 2.45) is 13.0 Å². The molecule has 0 spiro atoms. The average molecular weight is 366 g/mol. The zero-order chi connectivity index (χ0) is 16.1. The monoisotopic (exact) mass is 365 g/mol. The SMILES string of the molecule is CC(C)[C@@H](NC(=O)COc1cccc(Br)c1)c1nccn1C. The molecule has 0 radical (unpaired) electrons. The summed E-state index contributed by atoms with van der Waals surface area (Å²) >= 11 is 3.37. The van der Waals surface area contributed by atoms with Gasteiger partial charge in [-0.3, -0.25) is 4.79 Å². The highest BCUT2D eigenvalue weighted by Crippen LogP contribution is 2.20. The van der Waals surface area contributed by atoms with E-state index in [1.54, 1.807) is 6.20 Å². The van der Waals surface area contributed by atoms with Crippen LogP contribution in [0, 0.1) is 5.92 Å². The Balaban J connectivity index is 1.96. The lowest BCUT2D eigenvalue weighted by molar-refractivity contribution is -0.124. The summed E-state index contributed by atoms with van der Waals surface area (Å²) in [6.45, 7) is 4.08. The van der Waals surface area contributed by atoms with Crippen LogP contribution in [0.3, 0.4) is 0 Å². The first-order chi connectivity index (χ1) is 10.5. The first kappa shape index (κ1) is 16.5. The van der Waals surface area contributed by atoms with Gasteiger partial charge in [0.05, 0.1) is 6.04 Å². The Morgan fingerprint density at radius 2 is 2.23 bits per heavy atom. The molecule has 1 atom stereocenters. The highest BCUT2D eigenvalue weighted by atomic mass is 79.9. The van der Waals surface area contributed by atoms with Crippen molar-refractivity contribution in [1.82, 2.24) is 14.9 Å². The van der Waals surface area contributed by atoms with E-state index in [2.05, 4.69) is 40.1 Å². The highest BCUT2D eigenvalue weighted by molar-refractivity contribution is 9.10. The summed E-state index contributed by atoms with van der Waals surface area (Å²) in [5.41, 5.74) is 0. The van der Waals surface area contributed by atoms with Crippen LogP contribution in [0.5, 0.6) is 5.75 Å². The summed E-state index contributed by atoms with van der Waals surface area (Å²) in [7, 11) is 1.92. The van der Waals surface area contributed by atoms with Crippen LogP contribution in [-0.2, 0) is 11.8 Å². The molecule has 0 aliphatic heterocycles. The molecule has 0 aliphatic carbocycles. The third-order valence-electron chi connectivity index (χ3n) is 3.29. The molecule has 0 saturated carbocycles. The molecule has 1 amide bonds. The van der Waals surface area contributed by atoms with Gasteiger partial charge in [0.2, 0.25) is 0 Å². The van der Waals surface area contributed by atoms with Crippen molar-refractivity contribution < 1.29 is 9.53 Å². The van der Waals surface area contributed by atoms with E-state index in [1.807, 2.05) is 42.1 Å². The van der Waals surface area contributed by atoms with Crippen LogP contribution in [0.2, 0.25) is 0 Å². The number of hydrogen-bond acceptors (Lipinski definition) is 3. The molecule has 118 valence electrons. The Morgan fingerprint density at radius 1 is 1.45 bits per heavy atom. The zero-order valence-corrected chi connectivity index (χ0v) is 14.5. The lowest BCUT2D eigenvalue weighted by Gasteiger charge is -2.22. The number of rotatable bonds is 6. The molecule has 2 aromatic rings. The van der Waals surface area contributed by atoms with E-state index in [1.165, 1.54) is 0 Å². The second-order valence-corrected chi connectivity index (χ2v) is 6.35. The quantitative estimate of drug-likeness (QED) is 0.855. The minimum absolute atomic E-state index is 0.0237. The van der Waals surface area contributed by atoms with Crippen molar-refractivity contribution in [3.8, 4) is 5.75 Å². The number of halogens is 1. The number of amides is 1. The van der Waals surface area contributed by atoms with Crippen molar-refractivity contribution in [3.05, 3.63) is 47.0 Å². The van der Waals surface area contributed by atoms with Gasteiger partial charge in [0.15, 0.2) is 6.61 Å². The van der Waals surface area contributed by atoms with Gasteiger partial charge in [0.25, 0.3) is 5.91 Å². The molecule has 0 bridgehead atoms. The van der Waals surface area contributed by atoms with Gasteiger partial charge < -0.3 is 14.6 Å². The molecule has 0 saturated heterocycles. The topological polar surface area (TPSA) is 56.1 Å². The fourth-order valence-corrected chi connectivity index (χ4v) is 2.51. The van der Waals surface area contributed by atoms with E-state index in [4.69, 9.17) is 4.74 Å². The van der Waals surface area contributed by atoms with Crippen LogP contribution in [-0.4, -0.2) is 22.1 Å². The largest absolute Gasteiger partial charge is 0.484 e. The van der Waals surface area contributed by atoms with Crippen LogP contribution >= 0.6 is 15.9 Å². The fourth-order valence-electron chi connectivity index (χ4n) is 2.13. The second kappa shape index (κ2) is 7.45. The third kappa shape index (κ3) is 4.34. The molecule has 1 heterocycles. The number of nitrogens with zero attached hydrogens (tertiary/aromatic N) is 2. The molecule has 1 aromatic heterocycles. The molecular formula is C16H20BrN3O2. The Bertz CT molecular complexity index is 640. The van der Waals surface area contributed by atoms with Gasteiger partial charge in [-0.2, -0.15) is 0 Å². The smallest absolute Gasteiger partial charge is 0.258 e. The second-order valence-electron chi connectivity index (χ2n) is 5.43. The number of carbonyl (C=O) groups excluding carboxylic acids is 1. The number of benzene rings is 1. The molecular weight excluding hydrogens is 346 g/mol. The average Bonchev–Trinajstić information content (AvgIpc) is 2.88. The molecule has 1 N–H and O–H groups in total. The maximum Gasteiger partial charge on any atom is 0.258 e. The summed E-state index contributed by atoms with van der Waals surface area (Å²) in [6.07, 6.45) is 3.60. The van der Waals surface area contributed by atoms with E-state index in [9.17, 15) is 4.79 Å². The zero-order valence-electron chi connectivity index (χ0n) is 12.9. The number of aromatic nitrogens is 2. The molecule has 6 heteroatoms. The maximum atomic E-state index is 12.1. The maximum absolute atomic E-state index is 12.1. The van der Waals surface area contributed by atoms with Crippen molar-refractivity contribution in [3.63, 3.8) is 0 Å². The number of hydrogen-bond donors (Lipinski definition) is 1. The lowest BCUT2D eigenvalue weighted by atomic mass is 10.0. The van der Waals surface area contributed by atoms with E-state index in [0.29, 0.717) is 5.75 Å². The summed E-state index contributed by atoms with van der Waals surface area (Å²) in [6, 6.07) is 7.27. The predicted molar refractivity (Wildman–Crippen MR) is 88.6 cm³/mol.